The van der Waals surface area contributed by atoms with Gasteiger partial charge in [-0.3, -0.25) is 4.79 Å². The quantitative estimate of drug-likeness (QED) is 0.460. The van der Waals surface area contributed by atoms with Crippen molar-refractivity contribution in [1.29, 1.82) is 0 Å². The molecule has 0 aliphatic heterocycles. The van der Waals surface area contributed by atoms with Crippen LogP contribution in [0.5, 0.6) is 5.75 Å². The molecule has 3 heteroatoms. The molecule has 2 aromatic carbocycles. The fraction of sp³-hybridized carbons (Fsp3) is 0.350. The molecule has 0 spiro atoms. The first-order valence-corrected chi connectivity index (χ1v) is 8.39. The number of methoxy groups -OCH3 is 1. The van der Waals surface area contributed by atoms with Gasteiger partial charge in [0.2, 0.25) is 0 Å². The SMILES string of the molecule is COc1cc(C=O)cc(CCCCC(C)c2ccccc2Cl)c1. The van der Waals surface area contributed by atoms with E-state index in [4.69, 9.17) is 16.3 Å². The highest BCUT2D eigenvalue weighted by Gasteiger charge is 2.09. The molecule has 1 unspecified atom stereocenters. The molecule has 0 bridgehead atoms. The highest BCUT2D eigenvalue weighted by molar-refractivity contribution is 6.31. The predicted octanol–water partition coefficient (Wildman–Crippen LogP) is 5.68. The van der Waals surface area contributed by atoms with E-state index in [1.165, 1.54) is 5.56 Å². The Morgan fingerprint density at radius 1 is 1.17 bits per heavy atom. The molecule has 23 heavy (non-hydrogen) atoms. The molecule has 0 amide bonds. The lowest BCUT2D eigenvalue weighted by atomic mass is 9.94. The first-order valence-electron chi connectivity index (χ1n) is 8.01. The van der Waals surface area contributed by atoms with Crippen molar-refractivity contribution in [1.82, 2.24) is 0 Å². The summed E-state index contributed by atoms with van der Waals surface area (Å²) in [6.45, 7) is 2.22. The lowest BCUT2D eigenvalue weighted by Gasteiger charge is -2.13. The molecule has 0 fully saturated rings. The van der Waals surface area contributed by atoms with E-state index in [-0.39, 0.29) is 0 Å². The third-order valence-corrected chi connectivity index (χ3v) is 4.49. The predicted molar refractivity (Wildman–Crippen MR) is 95.8 cm³/mol. The molecule has 0 N–H and O–H groups in total. The van der Waals surface area contributed by atoms with Gasteiger partial charge in [-0.2, -0.15) is 0 Å². The number of carbonyl (C=O) groups excluding carboxylic acids is 1. The first kappa shape index (κ1) is 17.6. The molecule has 0 saturated heterocycles. The molecule has 1 atom stereocenters. The second kappa shape index (κ2) is 8.73. The number of hydrogen-bond acceptors (Lipinski definition) is 2. The van der Waals surface area contributed by atoms with Crippen LogP contribution in [0.3, 0.4) is 0 Å². The van der Waals surface area contributed by atoms with Gasteiger partial charge in [0.25, 0.3) is 0 Å². The number of benzene rings is 2. The standard InChI is InChI=1S/C20H23ClO2/c1-15(19-9-5-6-10-20(19)21)7-3-4-8-16-11-17(14-22)13-18(12-16)23-2/h5-6,9-15H,3-4,7-8H2,1-2H3. The molecule has 0 heterocycles. The van der Waals surface area contributed by atoms with Crippen molar-refractivity contribution >= 4 is 17.9 Å². The van der Waals surface area contributed by atoms with Crippen molar-refractivity contribution in [3.8, 4) is 5.75 Å². The summed E-state index contributed by atoms with van der Waals surface area (Å²) in [5.74, 6) is 1.20. The number of unbranched alkanes of at least 4 members (excludes halogenated alkanes) is 1. The van der Waals surface area contributed by atoms with Gasteiger partial charge in [0.1, 0.15) is 12.0 Å². The highest BCUT2D eigenvalue weighted by atomic mass is 35.5. The van der Waals surface area contributed by atoms with Crippen molar-refractivity contribution < 1.29 is 9.53 Å². The van der Waals surface area contributed by atoms with Gasteiger partial charge >= 0.3 is 0 Å². The lowest BCUT2D eigenvalue weighted by molar-refractivity contribution is 0.112. The van der Waals surface area contributed by atoms with Gasteiger partial charge in [-0.25, -0.2) is 0 Å². The number of aldehydes is 1. The summed E-state index contributed by atoms with van der Waals surface area (Å²) < 4.78 is 5.24. The van der Waals surface area contributed by atoms with Crippen LogP contribution in [0.2, 0.25) is 5.02 Å². The van der Waals surface area contributed by atoms with Crippen LogP contribution < -0.4 is 4.74 Å². The second-order valence-electron chi connectivity index (χ2n) is 5.90. The average Bonchev–Trinajstić information content (AvgIpc) is 2.58. The number of rotatable bonds is 8. The van der Waals surface area contributed by atoms with E-state index in [1.54, 1.807) is 13.2 Å². The Labute approximate surface area is 143 Å². The summed E-state index contributed by atoms with van der Waals surface area (Å²) >= 11 is 6.25. The molecule has 2 rings (SSSR count). The third kappa shape index (κ3) is 5.11. The molecule has 0 aliphatic rings. The van der Waals surface area contributed by atoms with E-state index >= 15 is 0 Å². The van der Waals surface area contributed by atoms with Crippen LogP contribution in [0.4, 0.5) is 0 Å². The molecule has 0 saturated carbocycles. The van der Waals surface area contributed by atoms with E-state index < -0.39 is 0 Å². The zero-order valence-electron chi connectivity index (χ0n) is 13.7. The Kier molecular flexibility index (Phi) is 6.66. The Bertz CT molecular complexity index is 652. The number of hydrogen-bond donors (Lipinski definition) is 0. The minimum Gasteiger partial charge on any atom is -0.497 e. The Hall–Kier alpha value is -1.80. The van der Waals surface area contributed by atoms with Gasteiger partial charge in [0, 0.05) is 10.6 Å². The highest BCUT2D eigenvalue weighted by Crippen LogP contribution is 2.28. The van der Waals surface area contributed by atoms with Crippen LogP contribution in [-0.4, -0.2) is 13.4 Å². The minimum atomic E-state index is 0.458. The molecule has 2 nitrogen and oxygen atoms in total. The molecule has 0 aliphatic carbocycles. The largest absolute Gasteiger partial charge is 0.497 e. The summed E-state index contributed by atoms with van der Waals surface area (Å²) in [4.78, 5) is 11.0. The van der Waals surface area contributed by atoms with Crippen molar-refractivity contribution in [2.75, 3.05) is 7.11 Å². The zero-order valence-corrected chi connectivity index (χ0v) is 14.5. The van der Waals surface area contributed by atoms with Gasteiger partial charge in [-0.15, -0.1) is 0 Å². The van der Waals surface area contributed by atoms with Gasteiger partial charge in [0.05, 0.1) is 7.11 Å². The number of halogens is 1. The molecular formula is C20H23ClO2. The normalized spacial score (nSPS) is 12.0. The molecule has 2 aromatic rings. The number of carbonyl (C=O) groups is 1. The van der Waals surface area contributed by atoms with Crippen molar-refractivity contribution in [3.63, 3.8) is 0 Å². The number of aryl methyl sites for hydroxylation is 1. The van der Waals surface area contributed by atoms with E-state index in [1.807, 2.05) is 30.3 Å². The fourth-order valence-electron chi connectivity index (χ4n) is 2.83. The third-order valence-electron chi connectivity index (χ3n) is 4.15. The van der Waals surface area contributed by atoms with Crippen molar-refractivity contribution in [2.45, 2.75) is 38.5 Å². The van der Waals surface area contributed by atoms with Crippen molar-refractivity contribution in [3.05, 3.63) is 64.2 Å². The molecule has 0 radical (unpaired) electrons. The molecular weight excluding hydrogens is 308 g/mol. The Morgan fingerprint density at radius 2 is 1.96 bits per heavy atom. The van der Waals surface area contributed by atoms with Gasteiger partial charge in [-0.05, 0) is 60.6 Å². The van der Waals surface area contributed by atoms with Gasteiger partial charge < -0.3 is 4.74 Å². The van der Waals surface area contributed by atoms with Crippen LogP contribution in [0.15, 0.2) is 42.5 Å². The van der Waals surface area contributed by atoms with E-state index in [0.29, 0.717) is 11.5 Å². The summed E-state index contributed by atoms with van der Waals surface area (Å²) in [5, 5.41) is 0.850. The van der Waals surface area contributed by atoms with Crippen LogP contribution >= 0.6 is 11.6 Å². The maximum atomic E-state index is 11.0. The van der Waals surface area contributed by atoms with Crippen LogP contribution in [0.1, 0.15) is 53.6 Å². The first-order chi connectivity index (χ1) is 11.1. The van der Waals surface area contributed by atoms with Crippen LogP contribution in [-0.2, 0) is 6.42 Å². The number of ether oxygens (including phenoxy) is 1. The smallest absolute Gasteiger partial charge is 0.150 e. The molecule has 122 valence electrons. The monoisotopic (exact) mass is 330 g/mol. The van der Waals surface area contributed by atoms with E-state index in [2.05, 4.69) is 13.0 Å². The summed E-state index contributed by atoms with van der Waals surface area (Å²) in [6, 6.07) is 13.8. The van der Waals surface area contributed by atoms with Crippen LogP contribution in [0.25, 0.3) is 0 Å². The maximum Gasteiger partial charge on any atom is 0.150 e. The second-order valence-corrected chi connectivity index (χ2v) is 6.31. The van der Waals surface area contributed by atoms with E-state index in [9.17, 15) is 4.79 Å². The maximum absolute atomic E-state index is 11.0. The minimum absolute atomic E-state index is 0.458. The lowest BCUT2D eigenvalue weighted by Crippen LogP contribution is -1.96. The topological polar surface area (TPSA) is 26.3 Å². The summed E-state index contributed by atoms with van der Waals surface area (Å²) in [7, 11) is 1.62. The summed E-state index contributed by atoms with van der Waals surface area (Å²) in [5.41, 5.74) is 3.04. The average molecular weight is 331 g/mol. The Morgan fingerprint density at radius 3 is 2.65 bits per heavy atom. The zero-order chi connectivity index (χ0) is 16.7. The van der Waals surface area contributed by atoms with E-state index in [0.717, 1.165) is 48.3 Å². The van der Waals surface area contributed by atoms with Crippen molar-refractivity contribution in [2.24, 2.45) is 0 Å². The van der Waals surface area contributed by atoms with Crippen LogP contribution in [0, 0.1) is 0 Å². The molecule has 0 aromatic heterocycles. The Balaban J connectivity index is 1.86. The fourth-order valence-corrected chi connectivity index (χ4v) is 3.15. The van der Waals surface area contributed by atoms with Gasteiger partial charge in [-0.1, -0.05) is 43.1 Å². The van der Waals surface area contributed by atoms with Gasteiger partial charge in [0.15, 0.2) is 0 Å². The summed E-state index contributed by atoms with van der Waals surface area (Å²) in [6.07, 6.45) is 5.13.